The highest BCUT2D eigenvalue weighted by molar-refractivity contribution is 6.30. The first-order chi connectivity index (χ1) is 21.8. The van der Waals surface area contributed by atoms with Gasteiger partial charge in [-0.05, 0) is 86.6 Å². The van der Waals surface area contributed by atoms with Crippen molar-refractivity contribution in [1.82, 2.24) is 14.9 Å². The number of nitrogens with zero attached hydrogens (tertiary/aromatic N) is 3. The average molecular weight is 633 g/mol. The van der Waals surface area contributed by atoms with Gasteiger partial charge in [0, 0.05) is 41.3 Å². The highest BCUT2D eigenvalue weighted by Crippen LogP contribution is 2.31. The van der Waals surface area contributed by atoms with Crippen molar-refractivity contribution in [1.29, 1.82) is 0 Å². The van der Waals surface area contributed by atoms with E-state index in [2.05, 4.69) is 17.0 Å². The van der Waals surface area contributed by atoms with Gasteiger partial charge in [-0.2, -0.15) is 0 Å². The molecule has 1 N–H and O–H groups in total. The zero-order valence-electron chi connectivity index (χ0n) is 25.5. The summed E-state index contributed by atoms with van der Waals surface area (Å²) in [4.78, 5) is 48.6. The van der Waals surface area contributed by atoms with Crippen LogP contribution in [0.3, 0.4) is 0 Å². The molecule has 236 valence electrons. The number of hydroxylamine groups is 2. The highest BCUT2D eigenvalue weighted by atomic mass is 35.5. The predicted octanol–water partition coefficient (Wildman–Crippen LogP) is 5.49. The number of hydrogen-bond donors (Lipinski definition) is 1. The number of aromatic nitrogens is 1. The first-order valence-electron chi connectivity index (χ1n) is 14.6. The maximum absolute atomic E-state index is 13.5. The minimum Gasteiger partial charge on any atom is -0.497 e. The quantitative estimate of drug-likeness (QED) is 0.0988. The van der Waals surface area contributed by atoms with Crippen LogP contribution in [-0.2, 0) is 20.8 Å². The molecule has 0 fully saturated rings. The van der Waals surface area contributed by atoms with Crippen molar-refractivity contribution in [3.05, 3.63) is 100 Å². The van der Waals surface area contributed by atoms with E-state index in [0.717, 1.165) is 10.9 Å². The molecule has 3 aromatic carbocycles. The van der Waals surface area contributed by atoms with Gasteiger partial charge in [0.25, 0.3) is 5.91 Å². The van der Waals surface area contributed by atoms with Crippen molar-refractivity contribution >= 4 is 47.0 Å². The lowest BCUT2D eigenvalue weighted by Gasteiger charge is -2.21. The smallest absolute Gasteiger partial charge is 0.357 e. The van der Waals surface area contributed by atoms with Crippen LogP contribution in [-0.4, -0.2) is 74.2 Å². The molecule has 4 aromatic rings. The summed E-state index contributed by atoms with van der Waals surface area (Å²) in [5.41, 5.74) is 3.01. The molecule has 0 aliphatic carbocycles. The van der Waals surface area contributed by atoms with Crippen LogP contribution < -0.4 is 10.1 Å². The number of nitrogens with one attached hydrogen (secondary N) is 1. The SMILES string of the molecule is C=NCOCCCN(CCCNC(=O)Cc1c(C)n(C(=O)c2ccc(Cl)cc2)c2ccc(OC)cc12)OC(=O)c1ccccc1. The predicted molar refractivity (Wildman–Crippen MR) is 174 cm³/mol. The Balaban J connectivity index is 1.41. The number of halogens is 1. The second-order valence-electron chi connectivity index (χ2n) is 10.3. The molecule has 0 saturated heterocycles. The van der Waals surface area contributed by atoms with Gasteiger partial charge in [0.05, 0.1) is 31.2 Å². The van der Waals surface area contributed by atoms with Crippen molar-refractivity contribution in [3.63, 3.8) is 0 Å². The van der Waals surface area contributed by atoms with Crippen LogP contribution in [0.25, 0.3) is 10.9 Å². The minimum atomic E-state index is -0.455. The maximum Gasteiger partial charge on any atom is 0.357 e. The van der Waals surface area contributed by atoms with Gasteiger partial charge in [0.1, 0.15) is 12.5 Å². The summed E-state index contributed by atoms with van der Waals surface area (Å²) in [6, 6.07) is 20.9. The number of fused-ring (bicyclic) bond motifs is 1. The first kappa shape index (κ1) is 33.4. The molecule has 4 rings (SSSR count). The summed E-state index contributed by atoms with van der Waals surface area (Å²) in [5, 5.41) is 5.84. The Labute approximate surface area is 267 Å². The first-order valence-corrected chi connectivity index (χ1v) is 15.0. The molecule has 0 radical (unpaired) electrons. The van der Waals surface area contributed by atoms with E-state index in [1.54, 1.807) is 71.3 Å². The molecular weight excluding hydrogens is 596 g/mol. The second-order valence-corrected chi connectivity index (χ2v) is 10.7. The minimum absolute atomic E-state index is 0.0672. The molecule has 0 aliphatic heterocycles. The molecule has 10 nitrogen and oxygen atoms in total. The molecule has 11 heteroatoms. The number of rotatable bonds is 16. The fraction of sp³-hybridized carbons (Fsp3) is 0.294. The van der Waals surface area contributed by atoms with Gasteiger partial charge in [-0.1, -0.05) is 29.8 Å². The van der Waals surface area contributed by atoms with E-state index in [9.17, 15) is 14.4 Å². The Kier molecular flexibility index (Phi) is 12.3. The Morgan fingerprint density at radius 3 is 2.42 bits per heavy atom. The number of benzene rings is 3. The zero-order valence-corrected chi connectivity index (χ0v) is 26.2. The zero-order chi connectivity index (χ0) is 32.2. The maximum atomic E-state index is 13.5. The van der Waals surface area contributed by atoms with Crippen LogP contribution in [0.2, 0.25) is 5.02 Å². The third-order valence-electron chi connectivity index (χ3n) is 7.18. The summed E-state index contributed by atoms with van der Waals surface area (Å²) in [6.45, 7) is 7.08. The summed E-state index contributed by atoms with van der Waals surface area (Å²) in [6.07, 6.45) is 1.22. The number of methoxy groups -OCH3 is 1. The Morgan fingerprint density at radius 1 is 0.978 bits per heavy atom. The van der Waals surface area contributed by atoms with Crippen LogP contribution in [0.4, 0.5) is 0 Å². The second kappa shape index (κ2) is 16.5. The summed E-state index contributed by atoms with van der Waals surface area (Å²) >= 11 is 6.03. The fourth-order valence-electron chi connectivity index (χ4n) is 4.92. The van der Waals surface area contributed by atoms with Crippen molar-refractivity contribution in [2.45, 2.75) is 26.2 Å². The van der Waals surface area contributed by atoms with E-state index >= 15 is 0 Å². The summed E-state index contributed by atoms with van der Waals surface area (Å²) in [7, 11) is 1.57. The van der Waals surface area contributed by atoms with Crippen LogP contribution in [0.15, 0.2) is 77.8 Å². The third kappa shape index (κ3) is 9.01. The number of hydrogen-bond acceptors (Lipinski definition) is 8. The van der Waals surface area contributed by atoms with Crippen LogP contribution in [0.5, 0.6) is 5.75 Å². The van der Waals surface area contributed by atoms with Crippen LogP contribution in [0, 0.1) is 6.92 Å². The van der Waals surface area contributed by atoms with E-state index in [1.165, 1.54) is 0 Å². The number of carbonyl (C=O) groups excluding carboxylic acids is 3. The van der Waals surface area contributed by atoms with Crippen molar-refractivity contribution in [2.24, 2.45) is 4.99 Å². The van der Waals surface area contributed by atoms with E-state index in [1.807, 2.05) is 25.1 Å². The van der Waals surface area contributed by atoms with E-state index in [4.69, 9.17) is 25.9 Å². The number of amides is 1. The van der Waals surface area contributed by atoms with Gasteiger partial charge in [-0.15, -0.1) is 5.06 Å². The van der Waals surface area contributed by atoms with Crippen molar-refractivity contribution < 1.29 is 28.7 Å². The molecule has 45 heavy (non-hydrogen) atoms. The van der Waals surface area contributed by atoms with Crippen molar-refractivity contribution in [3.8, 4) is 5.75 Å². The third-order valence-corrected chi connectivity index (χ3v) is 7.43. The lowest BCUT2D eigenvalue weighted by atomic mass is 10.1. The molecule has 1 amide bonds. The Hall–Kier alpha value is -4.51. The van der Waals surface area contributed by atoms with Crippen molar-refractivity contribution in [2.75, 3.05) is 40.1 Å². The Bertz CT molecular complexity index is 1620. The summed E-state index contributed by atoms with van der Waals surface area (Å²) in [5.74, 6) is -0.250. The monoisotopic (exact) mass is 632 g/mol. The van der Waals surface area contributed by atoms with E-state index in [-0.39, 0.29) is 25.0 Å². The normalized spacial score (nSPS) is 11.0. The van der Waals surface area contributed by atoms with Gasteiger partial charge in [-0.25, -0.2) is 4.79 Å². The van der Waals surface area contributed by atoms with Gasteiger partial charge in [-0.3, -0.25) is 19.1 Å². The molecule has 1 heterocycles. The Morgan fingerprint density at radius 2 is 1.71 bits per heavy atom. The standard InChI is InChI=1S/C34H37ClN4O6/c1-24-29(30-21-28(43-3)15-16-31(30)39(24)33(41)25-11-13-27(35)14-12-25)22-32(40)37-17-7-18-38(19-8-20-44-23-36-2)45-34(42)26-9-5-4-6-10-26/h4-6,9-16,21H,2,7-8,17-20,22-23H2,1,3H3,(H,37,40). The number of aliphatic imine (C=N–C) groups is 1. The topological polar surface area (TPSA) is 111 Å². The average Bonchev–Trinajstić information content (AvgIpc) is 3.32. The lowest BCUT2D eigenvalue weighted by molar-refractivity contribution is -0.121. The van der Waals surface area contributed by atoms with Gasteiger partial charge >= 0.3 is 5.97 Å². The highest BCUT2D eigenvalue weighted by Gasteiger charge is 2.22. The van der Waals surface area contributed by atoms with Gasteiger partial charge in [0.2, 0.25) is 5.91 Å². The molecule has 0 bridgehead atoms. The number of ether oxygens (including phenoxy) is 2. The largest absolute Gasteiger partial charge is 0.497 e. The van der Waals surface area contributed by atoms with Gasteiger partial charge in [0.15, 0.2) is 0 Å². The molecule has 0 spiro atoms. The van der Waals surface area contributed by atoms with E-state index in [0.29, 0.717) is 72.2 Å². The molecule has 0 unspecified atom stereocenters. The molecule has 0 atom stereocenters. The molecule has 0 saturated carbocycles. The fourth-order valence-corrected chi connectivity index (χ4v) is 5.05. The number of carbonyl (C=O) groups is 3. The van der Waals surface area contributed by atoms with Gasteiger partial charge < -0.3 is 19.6 Å². The van der Waals surface area contributed by atoms with Crippen LogP contribution in [0.1, 0.15) is 44.8 Å². The molecule has 0 aliphatic rings. The molecular formula is C34H37ClN4O6. The lowest BCUT2D eigenvalue weighted by Crippen LogP contribution is -2.33. The van der Waals surface area contributed by atoms with Crippen LogP contribution >= 0.6 is 11.6 Å². The summed E-state index contributed by atoms with van der Waals surface area (Å²) < 4.78 is 12.4. The van der Waals surface area contributed by atoms with E-state index < -0.39 is 5.97 Å². The molecule has 1 aromatic heterocycles.